The van der Waals surface area contributed by atoms with Crippen molar-refractivity contribution in [3.63, 3.8) is 0 Å². The predicted octanol–water partition coefficient (Wildman–Crippen LogP) is 5.82. The van der Waals surface area contributed by atoms with Crippen molar-refractivity contribution < 1.29 is 29.5 Å². The Hall–Kier alpha value is -1.02. The van der Waals surface area contributed by atoms with Crippen LogP contribution in [-0.2, 0) is 19.1 Å². The minimum absolute atomic E-state index is 0.0812. The fraction of sp³-hybridized carbons (Fsp3) is 0.786. The predicted molar refractivity (Wildman–Crippen MR) is 133 cm³/mol. The lowest BCUT2D eigenvalue weighted by Gasteiger charge is -2.58. The van der Waals surface area contributed by atoms with E-state index in [1.54, 1.807) is 13.0 Å². The van der Waals surface area contributed by atoms with Crippen molar-refractivity contribution in [1.29, 1.82) is 0 Å². The summed E-state index contributed by atoms with van der Waals surface area (Å²) in [6, 6.07) is 0. The van der Waals surface area contributed by atoms with Gasteiger partial charge in [0.2, 0.25) is 0 Å². The first-order valence-corrected chi connectivity index (χ1v) is 13.0. The molecule has 0 aromatic heterocycles. The Bertz CT molecular complexity index is 799. The molecule has 5 aliphatic rings. The third kappa shape index (κ3) is 4.25. The number of fused-ring (bicyclic) bond motifs is 8. The zero-order valence-corrected chi connectivity index (χ0v) is 22.2. The molecule has 3 aliphatic carbocycles. The molecular formula is C28H46O6. The molecule has 2 N–H and O–H groups in total. The van der Waals surface area contributed by atoms with E-state index in [2.05, 4.69) is 54.2 Å². The summed E-state index contributed by atoms with van der Waals surface area (Å²) in [5, 5.41) is 17.8. The van der Waals surface area contributed by atoms with Crippen molar-refractivity contribution >= 4 is 0 Å². The van der Waals surface area contributed by atoms with Gasteiger partial charge < -0.3 is 19.3 Å². The molecule has 6 nitrogen and oxygen atoms in total. The van der Waals surface area contributed by atoms with Crippen molar-refractivity contribution in [2.75, 3.05) is 13.2 Å². The van der Waals surface area contributed by atoms with Crippen LogP contribution in [0.1, 0.15) is 80.6 Å². The molecule has 1 saturated carbocycles. The molecule has 3 fully saturated rings. The molecule has 194 valence electrons. The number of hydrogen-bond acceptors (Lipinski definition) is 6. The fourth-order valence-electron chi connectivity index (χ4n) is 6.64. The lowest BCUT2D eigenvalue weighted by Crippen LogP contribution is -2.60. The molecule has 2 aliphatic heterocycles. The number of ether oxygens (including phenoxy) is 3. The molecule has 2 saturated heterocycles. The van der Waals surface area contributed by atoms with Gasteiger partial charge in [-0.2, -0.15) is 0 Å². The van der Waals surface area contributed by atoms with E-state index in [0.717, 1.165) is 32.3 Å². The van der Waals surface area contributed by atoms with E-state index in [1.807, 2.05) is 0 Å². The van der Waals surface area contributed by atoms with Gasteiger partial charge in [0, 0.05) is 23.4 Å². The lowest BCUT2D eigenvalue weighted by atomic mass is 9.52. The first-order chi connectivity index (χ1) is 16.1. The van der Waals surface area contributed by atoms with Crippen molar-refractivity contribution in [3.8, 4) is 0 Å². The Kier molecular flexibility index (Phi) is 8.54. The third-order valence-corrected chi connectivity index (χ3v) is 8.50. The van der Waals surface area contributed by atoms with Gasteiger partial charge in [0.05, 0.1) is 12.7 Å². The molecule has 5 rings (SSSR count). The van der Waals surface area contributed by atoms with E-state index in [0.29, 0.717) is 5.92 Å². The van der Waals surface area contributed by atoms with Gasteiger partial charge in [0.1, 0.15) is 17.8 Å². The summed E-state index contributed by atoms with van der Waals surface area (Å²) in [7, 11) is 0. The van der Waals surface area contributed by atoms with E-state index < -0.39 is 17.3 Å². The molecule has 0 aromatic rings. The highest BCUT2D eigenvalue weighted by atomic mass is 17.1. The van der Waals surface area contributed by atoms with Gasteiger partial charge in [-0.25, -0.2) is 4.89 Å². The average Bonchev–Trinajstić information content (AvgIpc) is 3.18. The van der Waals surface area contributed by atoms with Crippen molar-refractivity contribution in [1.82, 2.24) is 0 Å². The maximum absolute atomic E-state index is 10.2. The van der Waals surface area contributed by atoms with Crippen molar-refractivity contribution in [2.24, 2.45) is 16.7 Å². The Balaban J connectivity index is 0.000000492. The van der Waals surface area contributed by atoms with E-state index >= 15 is 0 Å². The molecule has 2 heterocycles. The summed E-state index contributed by atoms with van der Waals surface area (Å²) in [5.74, 6) is 0.363. The van der Waals surface area contributed by atoms with Gasteiger partial charge in [0.15, 0.2) is 6.29 Å². The second-order valence-electron chi connectivity index (χ2n) is 11.1. The first-order valence-electron chi connectivity index (χ1n) is 13.0. The highest BCUT2D eigenvalue weighted by Gasteiger charge is 2.63. The highest BCUT2D eigenvalue weighted by molar-refractivity contribution is 5.43. The number of aliphatic hydroxyl groups is 1. The molecule has 6 heteroatoms. The molecule has 0 aromatic carbocycles. The lowest BCUT2D eigenvalue weighted by molar-refractivity contribution is -0.335. The van der Waals surface area contributed by atoms with Gasteiger partial charge in [-0.05, 0) is 57.3 Å². The van der Waals surface area contributed by atoms with Crippen LogP contribution >= 0.6 is 0 Å². The molecule has 0 radical (unpaired) electrons. The second kappa shape index (κ2) is 10.5. The quantitative estimate of drug-likeness (QED) is 0.296. The molecule has 0 spiro atoms. The van der Waals surface area contributed by atoms with E-state index in [1.165, 1.54) is 23.1 Å². The number of hydrogen-bond donors (Lipinski definition) is 2. The Morgan fingerprint density at radius 3 is 2.35 bits per heavy atom. The molecule has 7 atom stereocenters. The summed E-state index contributed by atoms with van der Waals surface area (Å²) in [6.07, 6.45) is 8.49. The maximum atomic E-state index is 10.2. The van der Waals surface area contributed by atoms with Gasteiger partial charge in [0.25, 0.3) is 0 Å². The maximum Gasteiger partial charge on any atom is 0.177 e. The van der Waals surface area contributed by atoms with Crippen LogP contribution in [0.4, 0.5) is 0 Å². The Morgan fingerprint density at radius 2 is 1.82 bits per heavy atom. The average molecular weight is 479 g/mol. The van der Waals surface area contributed by atoms with Crippen molar-refractivity contribution in [2.45, 2.75) is 111 Å². The number of rotatable bonds is 2. The number of aliphatic hydroxyl groups excluding tert-OH is 1. The first kappa shape index (κ1) is 27.6. The molecule has 34 heavy (non-hydrogen) atoms. The minimum atomic E-state index is -0.767. The fourth-order valence-corrected chi connectivity index (χ4v) is 6.64. The van der Waals surface area contributed by atoms with Crippen LogP contribution in [0.3, 0.4) is 0 Å². The molecule has 2 bridgehead atoms. The van der Waals surface area contributed by atoms with Crippen LogP contribution in [0.5, 0.6) is 0 Å². The normalized spacial score (nSPS) is 43.0. The van der Waals surface area contributed by atoms with Gasteiger partial charge in [-0.15, -0.1) is 0 Å². The number of allylic oxidation sites excluding steroid dienone is 1. The van der Waals surface area contributed by atoms with E-state index in [4.69, 9.17) is 24.2 Å². The molecular weight excluding hydrogens is 432 g/mol. The summed E-state index contributed by atoms with van der Waals surface area (Å²) in [5.41, 5.74) is 2.48. The topological polar surface area (TPSA) is 77.4 Å². The third-order valence-electron chi connectivity index (χ3n) is 8.50. The van der Waals surface area contributed by atoms with Crippen LogP contribution in [-0.4, -0.2) is 53.8 Å². The van der Waals surface area contributed by atoms with Crippen LogP contribution in [0.25, 0.3) is 0 Å². The van der Waals surface area contributed by atoms with Crippen LogP contribution < -0.4 is 0 Å². The SMILES string of the molecule is C=CC1OC2C3=C(C)CCC(OO)(/C=C4/[C@@H]5COC5CCC4(C)C2O1)C3(C)C.CCC.CCO. The second-order valence-corrected chi connectivity index (χ2v) is 11.1. The zero-order valence-electron chi connectivity index (χ0n) is 22.2. The monoisotopic (exact) mass is 478 g/mol. The smallest absolute Gasteiger partial charge is 0.177 e. The standard InChI is InChI=1S/C23H32O5.C3H8.C2H6O/c1-6-17-26-19-18-13(2)7-10-23(28-24,21(18,3)4)11-15-14-12-25-16(14)8-9-22(15,5)20(19)27-17;1-3-2;1-2-3/h6,11,14,16-17,19-20,24H,1,7-10,12H2,2-5H3;3H2,1-2H3;3H,2H2,1H3/b15-11-;;/t14-,16?,17?,19?,20?,22?,23?;;/m0../s1. The van der Waals surface area contributed by atoms with Gasteiger partial charge >= 0.3 is 0 Å². The zero-order chi connectivity index (χ0) is 25.3. The molecule has 6 unspecified atom stereocenters. The summed E-state index contributed by atoms with van der Waals surface area (Å²) < 4.78 is 18.8. The van der Waals surface area contributed by atoms with Crippen LogP contribution in [0.15, 0.2) is 35.5 Å². The Morgan fingerprint density at radius 1 is 1.18 bits per heavy atom. The van der Waals surface area contributed by atoms with Crippen LogP contribution in [0.2, 0.25) is 0 Å². The van der Waals surface area contributed by atoms with Gasteiger partial charge in [-0.1, -0.05) is 58.8 Å². The van der Waals surface area contributed by atoms with Crippen molar-refractivity contribution in [3.05, 3.63) is 35.5 Å². The van der Waals surface area contributed by atoms with E-state index in [-0.39, 0.29) is 30.3 Å². The van der Waals surface area contributed by atoms with E-state index in [9.17, 15) is 5.26 Å². The van der Waals surface area contributed by atoms with Crippen LogP contribution in [0, 0.1) is 16.7 Å². The summed E-state index contributed by atoms with van der Waals surface area (Å²) in [6.45, 7) is 19.6. The largest absolute Gasteiger partial charge is 0.397 e. The summed E-state index contributed by atoms with van der Waals surface area (Å²) >= 11 is 0. The summed E-state index contributed by atoms with van der Waals surface area (Å²) in [4.78, 5) is 5.38. The highest BCUT2D eigenvalue weighted by Crippen LogP contribution is 2.62. The van der Waals surface area contributed by atoms with Gasteiger partial charge in [-0.3, -0.25) is 5.26 Å². The minimum Gasteiger partial charge on any atom is -0.397 e. The Labute approximate surface area is 205 Å². The molecule has 0 amide bonds.